The normalized spacial score (nSPS) is 20.4. The van der Waals surface area contributed by atoms with Gasteiger partial charge in [-0.15, -0.1) is 0 Å². The molecule has 24 heavy (non-hydrogen) atoms. The van der Waals surface area contributed by atoms with Crippen molar-refractivity contribution in [1.82, 2.24) is 15.1 Å². The van der Waals surface area contributed by atoms with Crippen LogP contribution in [0.4, 0.5) is 10.5 Å². The molecular weight excluding hydrogens is 304 g/mol. The molecule has 128 valence electrons. The number of carbonyl (C=O) groups excluding carboxylic acids is 2. The number of hydrogen-bond donors (Lipinski definition) is 2. The van der Waals surface area contributed by atoms with Crippen LogP contribution >= 0.6 is 0 Å². The molecule has 1 aromatic rings. The third kappa shape index (κ3) is 3.94. The van der Waals surface area contributed by atoms with E-state index >= 15 is 0 Å². The third-order valence-corrected chi connectivity index (χ3v) is 4.66. The molecule has 2 aliphatic rings. The summed E-state index contributed by atoms with van der Waals surface area (Å²) in [6, 6.07) is 7.83. The van der Waals surface area contributed by atoms with Gasteiger partial charge in [0.15, 0.2) is 0 Å². The number of nitrogens with zero attached hydrogens (tertiary/aromatic N) is 2. The predicted octanol–water partition coefficient (Wildman–Crippen LogP) is 1.45. The van der Waals surface area contributed by atoms with Crippen molar-refractivity contribution in [3.8, 4) is 0 Å². The summed E-state index contributed by atoms with van der Waals surface area (Å²) in [5, 5.41) is 5.54. The summed E-state index contributed by atoms with van der Waals surface area (Å²) in [5.41, 5.74) is 1.68. The van der Waals surface area contributed by atoms with Gasteiger partial charge in [-0.2, -0.15) is 0 Å². The van der Waals surface area contributed by atoms with Crippen LogP contribution in [0.2, 0.25) is 0 Å². The van der Waals surface area contributed by atoms with Crippen LogP contribution in [0.5, 0.6) is 0 Å². The number of anilines is 1. The molecule has 0 spiro atoms. The SMILES string of the molecule is CNC(=O)Cc1ccc(NC(=O)N2CC[C@@H](N3CC=CC3)C2)cc1. The van der Waals surface area contributed by atoms with E-state index in [1.165, 1.54) is 0 Å². The highest BCUT2D eigenvalue weighted by molar-refractivity contribution is 5.89. The Morgan fingerprint density at radius 1 is 1.17 bits per heavy atom. The number of likely N-dealkylation sites (tertiary alicyclic amines) is 1. The van der Waals surface area contributed by atoms with Crippen molar-refractivity contribution in [2.45, 2.75) is 18.9 Å². The first-order chi connectivity index (χ1) is 11.7. The highest BCUT2D eigenvalue weighted by atomic mass is 16.2. The number of carbonyl (C=O) groups is 2. The minimum atomic E-state index is -0.0521. The zero-order chi connectivity index (χ0) is 16.9. The highest BCUT2D eigenvalue weighted by Crippen LogP contribution is 2.19. The van der Waals surface area contributed by atoms with Crippen LogP contribution in [-0.4, -0.2) is 61.0 Å². The molecular formula is C18H24N4O2. The lowest BCUT2D eigenvalue weighted by molar-refractivity contribution is -0.119. The number of rotatable bonds is 4. The summed E-state index contributed by atoms with van der Waals surface area (Å²) in [5.74, 6) is -0.0219. The maximum Gasteiger partial charge on any atom is 0.321 e. The molecule has 0 radical (unpaired) electrons. The van der Waals surface area contributed by atoms with Crippen LogP contribution in [0.15, 0.2) is 36.4 Å². The van der Waals surface area contributed by atoms with Crippen molar-refractivity contribution in [3.63, 3.8) is 0 Å². The van der Waals surface area contributed by atoms with Gasteiger partial charge in [-0.1, -0.05) is 24.3 Å². The summed E-state index contributed by atoms with van der Waals surface area (Å²) in [6.45, 7) is 3.56. The average Bonchev–Trinajstić information content (AvgIpc) is 3.27. The van der Waals surface area contributed by atoms with Gasteiger partial charge < -0.3 is 15.5 Å². The van der Waals surface area contributed by atoms with E-state index in [1.54, 1.807) is 7.05 Å². The van der Waals surface area contributed by atoms with Gasteiger partial charge in [-0.25, -0.2) is 4.79 Å². The van der Waals surface area contributed by atoms with Gasteiger partial charge in [-0.3, -0.25) is 9.69 Å². The Hall–Kier alpha value is -2.34. The van der Waals surface area contributed by atoms with Crippen molar-refractivity contribution in [1.29, 1.82) is 0 Å². The van der Waals surface area contributed by atoms with Crippen molar-refractivity contribution in [2.24, 2.45) is 0 Å². The molecule has 2 aliphatic heterocycles. The van der Waals surface area contributed by atoms with Crippen LogP contribution < -0.4 is 10.6 Å². The number of benzene rings is 1. The van der Waals surface area contributed by atoms with Gasteiger partial charge >= 0.3 is 6.03 Å². The first kappa shape index (κ1) is 16.5. The molecule has 6 nitrogen and oxygen atoms in total. The largest absolute Gasteiger partial charge is 0.359 e. The summed E-state index contributed by atoms with van der Waals surface area (Å²) in [4.78, 5) is 28.0. The number of likely N-dealkylation sites (N-methyl/N-ethyl adjacent to an activating group) is 1. The fourth-order valence-corrected chi connectivity index (χ4v) is 3.20. The molecule has 0 saturated carbocycles. The number of amides is 3. The molecule has 1 aromatic carbocycles. The predicted molar refractivity (Wildman–Crippen MR) is 93.9 cm³/mol. The second-order valence-electron chi connectivity index (χ2n) is 6.29. The third-order valence-electron chi connectivity index (χ3n) is 4.66. The Morgan fingerprint density at radius 2 is 1.88 bits per heavy atom. The van der Waals surface area contributed by atoms with E-state index in [-0.39, 0.29) is 11.9 Å². The first-order valence-electron chi connectivity index (χ1n) is 8.40. The molecule has 3 amide bonds. The van der Waals surface area contributed by atoms with Gasteiger partial charge in [-0.05, 0) is 24.1 Å². The van der Waals surface area contributed by atoms with E-state index < -0.39 is 0 Å². The van der Waals surface area contributed by atoms with E-state index in [1.807, 2.05) is 29.2 Å². The minimum absolute atomic E-state index is 0.0219. The van der Waals surface area contributed by atoms with Crippen LogP contribution in [0.3, 0.4) is 0 Å². The molecule has 2 heterocycles. The lowest BCUT2D eigenvalue weighted by atomic mass is 10.1. The molecule has 1 saturated heterocycles. The van der Waals surface area contributed by atoms with Crippen molar-refractivity contribution in [2.75, 3.05) is 38.5 Å². The van der Waals surface area contributed by atoms with Crippen molar-refractivity contribution >= 4 is 17.6 Å². The molecule has 0 aliphatic carbocycles. The Bertz CT molecular complexity index is 618. The van der Waals surface area contributed by atoms with E-state index in [0.29, 0.717) is 12.5 Å². The van der Waals surface area contributed by atoms with Crippen molar-refractivity contribution < 1.29 is 9.59 Å². The van der Waals surface area contributed by atoms with Gasteiger partial charge in [0.25, 0.3) is 0 Å². The number of nitrogens with one attached hydrogen (secondary N) is 2. The Balaban J connectivity index is 1.50. The summed E-state index contributed by atoms with van der Waals surface area (Å²) in [7, 11) is 1.62. The fourth-order valence-electron chi connectivity index (χ4n) is 3.20. The second-order valence-corrected chi connectivity index (χ2v) is 6.29. The maximum atomic E-state index is 12.4. The average molecular weight is 328 g/mol. The van der Waals surface area contributed by atoms with Gasteiger partial charge in [0.2, 0.25) is 5.91 Å². The van der Waals surface area contributed by atoms with Crippen LogP contribution in [0, 0.1) is 0 Å². The van der Waals surface area contributed by atoms with Crippen LogP contribution in [0.25, 0.3) is 0 Å². The number of hydrogen-bond acceptors (Lipinski definition) is 3. The van der Waals surface area contributed by atoms with Gasteiger partial charge in [0.05, 0.1) is 6.42 Å². The molecule has 1 fully saturated rings. The van der Waals surface area contributed by atoms with Crippen LogP contribution in [0.1, 0.15) is 12.0 Å². The molecule has 2 N–H and O–H groups in total. The van der Waals surface area contributed by atoms with Crippen LogP contribution in [-0.2, 0) is 11.2 Å². The quantitative estimate of drug-likeness (QED) is 0.823. The molecule has 3 rings (SSSR count). The maximum absolute atomic E-state index is 12.4. The molecule has 0 aromatic heterocycles. The zero-order valence-corrected chi connectivity index (χ0v) is 14.0. The summed E-state index contributed by atoms with van der Waals surface area (Å²) < 4.78 is 0. The Kier molecular flexibility index (Phi) is 5.15. The molecule has 0 unspecified atom stereocenters. The van der Waals surface area contributed by atoms with Crippen molar-refractivity contribution in [3.05, 3.63) is 42.0 Å². The minimum Gasteiger partial charge on any atom is -0.359 e. The van der Waals surface area contributed by atoms with Gasteiger partial charge in [0.1, 0.15) is 0 Å². The van der Waals surface area contributed by atoms with E-state index in [0.717, 1.165) is 43.9 Å². The Labute approximate surface area is 142 Å². The lowest BCUT2D eigenvalue weighted by Gasteiger charge is -2.23. The Morgan fingerprint density at radius 3 is 2.54 bits per heavy atom. The first-order valence-corrected chi connectivity index (χ1v) is 8.40. The standard InChI is InChI=1S/C18H24N4O2/c1-19-17(23)12-14-4-6-15(7-5-14)20-18(24)22-11-8-16(13-22)21-9-2-3-10-21/h2-7,16H,8-13H2,1H3,(H,19,23)(H,20,24)/t16-/m1/s1. The second kappa shape index (κ2) is 7.49. The summed E-state index contributed by atoms with van der Waals surface area (Å²) >= 11 is 0. The topological polar surface area (TPSA) is 64.7 Å². The van der Waals surface area contributed by atoms with E-state index in [4.69, 9.17) is 0 Å². The summed E-state index contributed by atoms with van der Waals surface area (Å²) in [6.07, 6.45) is 5.74. The highest BCUT2D eigenvalue weighted by Gasteiger charge is 2.30. The molecule has 0 bridgehead atoms. The smallest absolute Gasteiger partial charge is 0.321 e. The monoisotopic (exact) mass is 328 g/mol. The lowest BCUT2D eigenvalue weighted by Crippen LogP contribution is -2.38. The zero-order valence-electron chi connectivity index (χ0n) is 14.0. The fraction of sp³-hybridized carbons (Fsp3) is 0.444. The molecule has 1 atom stereocenters. The van der Waals surface area contributed by atoms with Gasteiger partial charge in [0, 0.05) is 45.0 Å². The van der Waals surface area contributed by atoms with E-state index in [2.05, 4.69) is 27.7 Å². The van der Waals surface area contributed by atoms with E-state index in [9.17, 15) is 9.59 Å². The number of urea groups is 1. The molecule has 6 heteroatoms.